The number of ether oxygens (including phenoxy) is 1. The maximum Gasteiger partial charge on any atom is 0.411 e. The number of carbonyl (C=O) groups is 1. The van der Waals surface area contributed by atoms with Crippen LogP contribution in [-0.4, -0.2) is 34.2 Å². The standard InChI is InChI=1S/C25H32N2O4S/c1-25(2,3)32(30)26-21-10-11-27(24(28)29)22-9-8-16(14-20(21)22)12-17-13-18-6-5-7-23(31-4)19(18)15-17/h5-9,14,17,21,26H,10-13,15H2,1-4H3,(H,28,29)/t17-,21-,32?/m1/s1. The predicted octanol–water partition coefficient (Wildman–Crippen LogP) is 4.63. The van der Waals surface area contributed by atoms with Gasteiger partial charge in [-0.15, -0.1) is 4.72 Å². The summed E-state index contributed by atoms with van der Waals surface area (Å²) in [6.07, 6.45) is 2.55. The molecule has 0 radical (unpaired) electrons. The maximum absolute atomic E-state index is 12.8. The zero-order valence-corrected chi connectivity index (χ0v) is 20.0. The van der Waals surface area contributed by atoms with Gasteiger partial charge >= 0.3 is 6.09 Å². The van der Waals surface area contributed by atoms with Gasteiger partial charge in [0.25, 0.3) is 0 Å². The van der Waals surface area contributed by atoms with Gasteiger partial charge in [0, 0.05) is 17.9 Å². The molecule has 2 aromatic rings. The van der Waals surface area contributed by atoms with E-state index in [0.29, 0.717) is 24.6 Å². The van der Waals surface area contributed by atoms with Crippen LogP contribution in [0.5, 0.6) is 5.75 Å². The SMILES string of the molecule is COc1cccc2c1C[C@H](Cc1ccc3c(c1)[C@H](N[S+]([O-])C(C)(C)C)CCN3C(=O)O)C2. The van der Waals surface area contributed by atoms with Crippen molar-refractivity contribution in [1.29, 1.82) is 0 Å². The molecule has 0 bridgehead atoms. The van der Waals surface area contributed by atoms with E-state index in [9.17, 15) is 14.5 Å². The van der Waals surface area contributed by atoms with Crippen LogP contribution in [0.2, 0.25) is 0 Å². The normalized spacial score (nSPS) is 21.1. The van der Waals surface area contributed by atoms with Crippen molar-refractivity contribution in [2.24, 2.45) is 5.92 Å². The second-order valence-electron chi connectivity index (χ2n) is 9.74. The van der Waals surface area contributed by atoms with Gasteiger partial charge in [0.05, 0.1) is 18.8 Å². The van der Waals surface area contributed by atoms with E-state index in [2.05, 4.69) is 16.9 Å². The third-order valence-electron chi connectivity index (χ3n) is 6.41. The Morgan fingerprint density at radius 3 is 2.75 bits per heavy atom. The Kier molecular flexibility index (Phi) is 6.43. The maximum atomic E-state index is 12.8. The fourth-order valence-electron chi connectivity index (χ4n) is 4.79. The molecule has 3 atom stereocenters. The number of hydrogen-bond acceptors (Lipinski definition) is 4. The molecular formula is C25H32N2O4S. The number of anilines is 1. The largest absolute Gasteiger partial charge is 0.598 e. The Morgan fingerprint density at radius 1 is 1.28 bits per heavy atom. The fraction of sp³-hybridized carbons (Fsp3) is 0.480. The average molecular weight is 457 g/mol. The molecule has 2 N–H and O–H groups in total. The molecule has 6 nitrogen and oxygen atoms in total. The molecule has 32 heavy (non-hydrogen) atoms. The first-order chi connectivity index (χ1) is 15.2. The third kappa shape index (κ3) is 4.60. The number of nitrogens with one attached hydrogen (secondary N) is 1. The van der Waals surface area contributed by atoms with Crippen molar-refractivity contribution in [2.75, 3.05) is 18.6 Å². The summed E-state index contributed by atoms with van der Waals surface area (Å²) in [6.45, 7) is 6.20. The minimum Gasteiger partial charge on any atom is -0.598 e. The Bertz CT molecular complexity index is 1000. The summed E-state index contributed by atoms with van der Waals surface area (Å²) in [5, 5.41) is 9.66. The first-order valence-electron chi connectivity index (χ1n) is 11.1. The molecule has 0 saturated carbocycles. The summed E-state index contributed by atoms with van der Waals surface area (Å²) >= 11 is -1.24. The lowest BCUT2D eigenvalue weighted by Crippen LogP contribution is -2.45. The average Bonchev–Trinajstić information content (AvgIpc) is 3.15. The highest BCUT2D eigenvalue weighted by molar-refractivity contribution is 7.90. The van der Waals surface area contributed by atoms with E-state index in [0.717, 1.165) is 30.6 Å². The van der Waals surface area contributed by atoms with E-state index in [1.54, 1.807) is 7.11 Å². The summed E-state index contributed by atoms with van der Waals surface area (Å²) < 4.78 is 21.2. The zero-order chi connectivity index (χ0) is 23.0. The molecule has 1 aliphatic carbocycles. The molecule has 1 unspecified atom stereocenters. The zero-order valence-electron chi connectivity index (χ0n) is 19.2. The number of rotatable bonds is 5. The monoisotopic (exact) mass is 456 g/mol. The second-order valence-corrected chi connectivity index (χ2v) is 11.7. The van der Waals surface area contributed by atoms with Crippen molar-refractivity contribution in [3.05, 3.63) is 58.7 Å². The van der Waals surface area contributed by atoms with Crippen molar-refractivity contribution in [2.45, 2.75) is 57.2 Å². The van der Waals surface area contributed by atoms with E-state index in [1.165, 1.54) is 21.6 Å². The highest BCUT2D eigenvalue weighted by Gasteiger charge is 2.35. The molecule has 0 saturated heterocycles. The van der Waals surface area contributed by atoms with E-state index in [-0.39, 0.29) is 6.04 Å². The molecule has 2 aromatic carbocycles. The van der Waals surface area contributed by atoms with Gasteiger partial charge in [-0.25, -0.2) is 4.79 Å². The number of nitrogens with zero attached hydrogens (tertiary/aromatic N) is 1. The van der Waals surface area contributed by atoms with Gasteiger partial charge in [-0.3, -0.25) is 4.90 Å². The number of carboxylic acid groups (broad SMARTS) is 1. The van der Waals surface area contributed by atoms with Crippen LogP contribution < -0.4 is 14.4 Å². The molecule has 4 rings (SSSR count). The Balaban J connectivity index is 1.58. The van der Waals surface area contributed by atoms with Gasteiger partial charge in [-0.2, -0.15) is 0 Å². The summed E-state index contributed by atoms with van der Waals surface area (Å²) in [4.78, 5) is 13.2. The van der Waals surface area contributed by atoms with Crippen molar-refractivity contribution in [3.63, 3.8) is 0 Å². The molecule has 0 spiro atoms. The fourth-order valence-corrected chi connectivity index (χ4v) is 5.65. The van der Waals surface area contributed by atoms with Gasteiger partial charge in [-0.1, -0.05) is 24.3 Å². The van der Waals surface area contributed by atoms with Crippen molar-refractivity contribution in [3.8, 4) is 5.75 Å². The van der Waals surface area contributed by atoms with Crippen molar-refractivity contribution < 1.29 is 19.2 Å². The molecule has 7 heteroatoms. The van der Waals surface area contributed by atoms with Gasteiger partial charge < -0.3 is 14.4 Å². The van der Waals surface area contributed by atoms with Crippen LogP contribution in [0.15, 0.2) is 36.4 Å². The molecular weight excluding hydrogens is 424 g/mol. The van der Waals surface area contributed by atoms with Crippen LogP contribution in [0, 0.1) is 5.92 Å². The van der Waals surface area contributed by atoms with E-state index in [4.69, 9.17) is 4.74 Å². The van der Waals surface area contributed by atoms with Crippen LogP contribution in [0.25, 0.3) is 0 Å². The van der Waals surface area contributed by atoms with Gasteiger partial charge in [0.15, 0.2) is 0 Å². The minimum absolute atomic E-state index is 0.138. The molecule has 2 aliphatic rings. The first-order valence-corrected chi connectivity index (χ1v) is 12.3. The van der Waals surface area contributed by atoms with Gasteiger partial charge in [0.1, 0.15) is 10.5 Å². The molecule has 0 fully saturated rings. The van der Waals surface area contributed by atoms with Crippen LogP contribution >= 0.6 is 0 Å². The quantitative estimate of drug-likeness (QED) is 0.641. The summed E-state index contributed by atoms with van der Waals surface area (Å²) in [7, 11) is 1.72. The lowest BCUT2D eigenvalue weighted by molar-refractivity contribution is 0.201. The predicted molar refractivity (Wildman–Crippen MR) is 128 cm³/mol. The topological polar surface area (TPSA) is 84.9 Å². The Labute approximate surface area is 193 Å². The molecule has 1 heterocycles. The summed E-state index contributed by atoms with van der Waals surface area (Å²) in [6, 6.07) is 12.2. The molecule has 172 valence electrons. The van der Waals surface area contributed by atoms with Crippen LogP contribution in [-0.2, 0) is 30.6 Å². The first kappa shape index (κ1) is 23.0. The number of amides is 1. The Hall–Kier alpha value is -2.22. The number of benzene rings is 2. The highest BCUT2D eigenvalue weighted by Crippen LogP contribution is 2.38. The summed E-state index contributed by atoms with van der Waals surface area (Å²) in [5.74, 6) is 1.44. The number of fused-ring (bicyclic) bond motifs is 2. The van der Waals surface area contributed by atoms with E-state index >= 15 is 0 Å². The minimum atomic E-state index is -1.24. The lowest BCUT2D eigenvalue weighted by Gasteiger charge is -2.35. The molecule has 0 aromatic heterocycles. The van der Waals surface area contributed by atoms with E-state index in [1.807, 2.05) is 45.0 Å². The van der Waals surface area contributed by atoms with Crippen molar-refractivity contribution in [1.82, 2.24) is 4.72 Å². The number of methoxy groups -OCH3 is 1. The van der Waals surface area contributed by atoms with E-state index < -0.39 is 22.2 Å². The van der Waals surface area contributed by atoms with Gasteiger partial charge in [-0.05, 0) is 86.8 Å². The summed E-state index contributed by atoms with van der Waals surface area (Å²) in [5.41, 5.74) is 5.44. The molecule has 1 aliphatic heterocycles. The van der Waals surface area contributed by atoms with Crippen LogP contribution in [0.3, 0.4) is 0 Å². The second kappa shape index (κ2) is 8.96. The molecule has 1 amide bonds. The number of hydrogen-bond donors (Lipinski definition) is 2. The van der Waals surface area contributed by atoms with Crippen LogP contribution in [0.1, 0.15) is 55.5 Å². The van der Waals surface area contributed by atoms with Crippen LogP contribution in [0.4, 0.5) is 10.5 Å². The third-order valence-corrected chi connectivity index (χ3v) is 8.02. The lowest BCUT2D eigenvalue weighted by atomic mass is 9.91. The highest BCUT2D eigenvalue weighted by atomic mass is 32.2. The Morgan fingerprint density at radius 2 is 2.06 bits per heavy atom. The smallest absolute Gasteiger partial charge is 0.411 e. The van der Waals surface area contributed by atoms with Crippen molar-refractivity contribution >= 4 is 23.1 Å². The van der Waals surface area contributed by atoms with Gasteiger partial charge in [0.2, 0.25) is 0 Å².